The Labute approximate surface area is 134 Å². The van der Waals surface area contributed by atoms with Crippen molar-refractivity contribution in [3.05, 3.63) is 0 Å². The zero-order valence-electron chi connectivity index (χ0n) is 14.6. The van der Waals surface area contributed by atoms with Crippen molar-refractivity contribution in [1.29, 1.82) is 0 Å². The van der Waals surface area contributed by atoms with E-state index in [-0.39, 0.29) is 25.2 Å². The maximum atomic E-state index is 10.8. The fourth-order valence-corrected chi connectivity index (χ4v) is 1.74. The molecule has 0 spiro atoms. The smallest absolute Gasteiger partial charge is 0.302 e. The summed E-state index contributed by atoms with van der Waals surface area (Å²) in [6, 6.07) is 0. The summed E-state index contributed by atoms with van der Waals surface area (Å²) < 4.78 is 9.82. The minimum atomic E-state index is -0.315. The van der Waals surface area contributed by atoms with Crippen LogP contribution in [0.15, 0.2) is 0 Å². The lowest BCUT2D eigenvalue weighted by Crippen LogP contribution is -2.32. The van der Waals surface area contributed by atoms with E-state index in [0.29, 0.717) is 25.1 Å². The average Bonchev–Trinajstić information content (AvgIpc) is 2.42. The molecule has 130 valence electrons. The zero-order chi connectivity index (χ0) is 17.0. The Hall–Kier alpha value is -1.14. The van der Waals surface area contributed by atoms with Crippen molar-refractivity contribution in [2.45, 2.75) is 53.9 Å². The van der Waals surface area contributed by atoms with E-state index >= 15 is 0 Å². The van der Waals surface area contributed by atoms with Gasteiger partial charge in [-0.1, -0.05) is 27.2 Å². The molecule has 0 N–H and O–H groups in total. The number of rotatable bonds is 12. The molecule has 0 aliphatic heterocycles. The predicted molar refractivity (Wildman–Crippen MR) is 84.1 cm³/mol. The zero-order valence-corrected chi connectivity index (χ0v) is 14.6. The molecule has 0 saturated heterocycles. The van der Waals surface area contributed by atoms with Gasteiger partial charge in [-0.25, -0.2) is 0 Å². The molecule has 22 heavy (non-hydrogen) atoms. The number of ether oxygens (including phenoxy) is 2. The first-order valence-electron chi connectivity index (χ1n) is 7.91. The van der Waals surface area contributed by atoms with Gasteiger partial charge < -0.3 is 9.47 Å². The van der Waals surface area contributed by atoms with Gasteiger partial charge in [0, 0.05) is 13.8 Å². The van der Waals surface area contributed by atoms with E-state index in [1.807, 2.05) is 0 Å². The summed E-state index contributed by atoms with van der Waals surface area (Å²) in [5.41, 5.74) is 0.323. The molecule has 0 aliphatic carbocycles. The third-order valence-corrected chi connectivity index (χ3v) is 3.52. The van der Waals surface area contributed by atoms with Crippen molar-refractivity contribution < 1.29 is 23.9 Å². The van der Waals surface area contributed by atoms with E-state index < -0.39 is 0 Å². The largest absolute Gasteiger partial charge is 0.464 e. The number of carbonyl (C=O) groups excluding carboxylic acids is 2. The van der Waals surface area contributed by atoms with E-state index in [4.69, 9.17) is 14.3 Å². The SMILES string of the molecule is CCC(C)(C)CCCON(CCOC(C)=O)CCOC(C)=O. The molecule has 0 aromatic rings. The van der Waals surface area contributed by atoms with Crippen molar-refractivity contribution in [2.75, 3.05) is 32.9 Å². The summed E-state index contributed by atoms with van der Waals surface area (Å²) in [6.07, 6.45) is 3.18. The van der Waals surface area contributed by atoms with Gasteiger partial charge in [0.1, 0.15) is 13.2 Å². The Morgan fingerprint density at radius 2 is 1.45 bits per heavy atom. The lowest BCUT2D eigenvalue weighted by Gasteiger charge is -2.24. The van der Waals surface area contributed by atoms with E-state index in [1.165, 1.54) is 13.8 Å². The van der Waals surface area contributed by atoms with Gasteiger partial charge in [-0.15, -0.1) is 0 Å². The van der Waals surface area contributed by atoms with Gasteiger partial charge in [0.05, 0.1) is 19.7 Å². The highest BCUT2D eigenvalue weighted by Gasteiger charge is 2.15. The van der Waals surface area contributed by atoms with Crippen molar-refractivity contribution in [3.8, 4) is 0 Å². The monoisotopic (exact) mass is 317 g/mol. The highest BCUT2D eigenvalue weighted by molar-refractivity contribution is 5.66. The lowest BCUT2D eigenvalue weighted by molar-refractivity contribution is -0.179. The number of hydrogen-bond donors (Lipinski definition) is 0. The minimum Gasteiger partial charge on any atom is -0.464 e. The third-order valence-electron chi connectivity index (χ3n) is 3.52. The summed E-state index contributed by atoms with van der Waals surface area (Å²) in [5, 5.41) is 1.69. The van der Waals surface area contributed by atoms with Crippen LogP contribution in [0.5, 0.6) is 0 Å². The Kier molecular flexibility index (Phi) is 10.8. The molecule has 6 nitrogen and oxygen atoms in total. The maximum Gasteiger partial charge on any atom is 0.302 e. The minimum absolute atomic E-state index is 0.260. The number of esters is 2. The molecule has 0 rings (SSSR count). The van der Waals surface area contributed by atoms with Crippen LogP contribution in [0.1, 0.15) is 53.9 Å². The maximum absolute atomic E-state index is 10.8. The predicted octanol–water partition coefficient (Wildman–Crippen LogP) is 2.56. The topological polar surface area (TPSA) is 65.1 Å². The number of hydroxylamine groups is 2. The van der Waals surface area contributed by atoms with E-state index in [2.05, 4.69) is 20.8 Å². The normalized spacial score (nSPS) is 11.5. The van der Waals surface area contributed by atoms with E-state index in [1.54, 1.807) is 5.06 Å². The quantitative estimate of drug-likeness (QED) is 0.313. The number of carbonyl (C=O) groups is 2. The molecule has 0 heterocycles. The lowest BCUT2D eigenvalue weighted by atomic mass is 9.85. The van der Waals surface area contributed by atoms with Crippen LogP contribution < -0.4 is 0 Å². The molecule has 0 unspecified atom stereocenters. The van der Waals surface area contributed by atoms with E-state index in [9.17, 15) is 9.59 Å². The standard InChI is InChI=1S/C16H31NO5/c1-6-16(4,5)8-7-11-22-17(9-12-20-14(2)18)10-13-21-15(3)19/h6-13H2,1-5H3. The van der Waals surface area contributed by atoms with Crippen LogP contribution in [0.2, 0.25) is 0 Å². The summed E-state index contributed by atoms with van der Waals surface area (Å²) in [6.45, 7) is 11.4. The van der Waals surface area contributed by atoms with Crippen molar-refractivity contribution >= 4 is 11.9 Å². The molecule has 0 bridgehead atoms. The van der Waals surface area contributed by atoms with Crippen LogP contribution in [0.25, 0.3) is 0 Å². The molecule has 0 radical (unpaired) electrons. The number of nitrogens with zero attached hydrogens (tertiary/aromatic N) is 1. The van der Waals surface area contributed by atoms with Crippen LogP contribution >= 0.6 is 0 Å². The average molecular weight is 317 g/mol. The van der Waals surface area contributed by atoms with Crippen molar-refractivity contribution in [3.63, 3.8) is 0 Å². The first kappa shape index (κ1) is 20.9. The Bertz CT molecular complexity index is 310. The highest BCUT2D eigenvalue weighted by Crippen LogP contribution is 2.25. The molecule has 0 saturated carbocycles. The summed E-state index contributed by atoms with van der Waals surface area (Å²) >= 11 is 0. The van der Waals surface area contributed by atoms with E-state index in [0.717, 1.165) is 19.3 Å². The van der Waals surface area contributed by atoms with Crippen molar-refractivity contribution in [1.82, 2.24) is 5.06 Å². The molecule has 0 aliphatic rings. The van der Waals surface area contributed by atoms with Crippen LogP contribution in [0.4, 0.5) is 0 Å². The summed E-state index contributed by atoms with van der Waals surface area (Å²) in [5.74, 6) is -0.630. The van der Waals surface area contributed by atoms with Gasteiger partial charge >= 0.3 is 11.9 Å². The molecule has 0 atom stereocenters. The summed E-state index contributed by atoms with van der Waals surface area (Å²) in [7, 11) is 0. The molecule has 0 aromatic heterocycles. The molecule has 6 heteroatoms. The second-order valence-electron chi connectivity index (χ2n) is 6.06. The molecular weight excluding hydrogens is 286 g/mol. The summed E-state index contributed by atoms with van der Waals surface area (Å²) in [4.78, 5) is 27.3. The molecule has 0 aromatic carbocycles. The second kappa shape index (κ2) is 11.4. The van der Waals surface area contributed by atoms with Gasteiger partial charge in [-0.3, -0.25) is 14.4 Å². The van der Waals surface area contributed by atoms with Crippen LogP contribution in [-0.4, -0.2) is 49.9 Å². The van der Waals surface area contributed by atoms with Gasteiger partial charge in [0.2, 0.25) is 0 Å². The van der Waals surface area contributed by atoms with Gasteiger partial charge in [0.25, 0.3) is 0 Å². The second-order valence-corrected chi connectivity index (χ2v) is 6.06. The first-order chi connectivity index (χ1) is 10.3. The Morgan fingerprint density at radius 3 is 1.86 bits per heavy atom. The number of hydrogen-bond acceptors (Lipinski definition) is 6. The van der Waals surface area contributed by atoms with Gasteiger partial charge in [-0.05, 0) is 18.3 Å². The van der Waals surface area contributed by atoms with Crippen molar-refractivity contribution in [2.24, 2.45) is 5.41 Å². The Balaban J connectivity index is 4.04. The van der Waals surface area contributed by atoms with Crippen LogP contribution in [0.3, 0.4) is 0 Å². The Morgan fingerprint density at radius 1 is 0.955 bits per heavy atom. The highest BCUT2D eigenvalue weighted by atomic mass is 16.7. The third kappa shape index (κ3) is 12.6. The van der Waals surface area contributed by atoms with Gasteiger partial charge in [-0.2, -0.15) is 5.06 Å². The van der Waals surface area contributed by atoms with Crippen LogP contribution in [0, 0.1) is 5.41 Å². The first-order valence-corrected chi connectivity index (χ1v) is 7.91. The van der Waals surface area contributed by atoms with Crippen LogP contribution in [-0.2, 0) is 23.9 Å². The molecule has 0 amide bonds. The molecular formula is C16H31NO5. The fourth-order valence-electron chi connectivity index (χ4n) is 1.74. The molecule has 0 fully saturated rings. The van der Waals surface area contributed by atoms with Gasteiger partial charge in [0.15, 0.2) is 0 Å². The fraction of sp³-hybridized carbons (Fsp3) is 0.875.